The molecule has 1 unspecified atom stereocenters. The second-order valence-electron chi connectivity index (χ2n) is 3.75. The summed E-state index contributed by atoms with van der Waals surface area (Å²) in [4.78, 5) is 4.13. The number of aliphatic hydroxyl groups is 1. The number of nitrogens with zero attached hydrogens (tertiary/aromatic N) is 1. The van der Waals surface area contributed by atoms with Gasteiger partial charge in [0.2, 0.25) is 0 Å². The third-order valence-corrected chi connectivity index (χ3v) is 2.34. The summed E-state index contributed by atoms with van der Waals surface area (Å²) in [6.07, 6.45) is -0.397. The molecule has 0 spiro atoms. The third kappa shape index (κ3) is 2.87. The van der Waals surface area contributed by atoms with Crippen LogP contribution in [-0.4, -0.2) is 35.4 Å². The lowest BCUT2D eigenvalue weighted by Gasteiger charge is -2.19. The van der Waals surface area contributed by atoms with E-state index in [2.05, 4.69) is 15.6 Å². The first-order chi connectivity index (χ1) is 7.74. The number of benzene rings is 1. The number of hydrogen-bond acceptors (Lipinski definition) is 5. The predicted molar refractivity (Wildman–Crippen MR) is 61.3 cm³/mol. The lowest BCUT2D eigenvalue weighted by Crippen LogP contribution is -2.45. The molecule has 5 heteroatoms. The molecule has 1 heterocycles. The van der Waals surface area contributed by atoms with Crippen molar-refractivity contribution in [3.63, 3.8) is 0 Å². The molecule has 0 saturated heterocycles. The van der Waals surface area contributed by atoms with Crippen molar-refractivity contribution in [1.29, 1.82) is 0 Å². The van der Waals surface area contributed by atoms with Gasteiger partial charge in [-0.2, -0.15) is 0 Å². The summed E-state index contributed by atoms with van der Waals surface area (Å²) in [5.74, 6) is 0.946. The van der Waals surface area contributed by atoms with Gasteiger partial charge >= 0.3 is 0 Å². The van der Waals surface area contributed by atoms with Gasteiger partial charge in [-0.3, -0.25) is 4.99 Å². The van der Waals surface area contributed by atoms with E-state index >= 15 is 0 Å². The number of aromatic hydroxyl groups is 1. The van der Waals surface area contributed by atoms with Gasteiger partial charge in [0.15, 0.2) is 5.96 Å². The fourth-order valence-corrected chi connectivity index (χ4v) is 1.50. The number of β-amino-alcohol motifs (C(OH)–C–C–N with tert-alkyl or cyclic N) is 1. The van der Waals surface area contributed by atoms with Gasteiger partial charge in [-0.05, 0) is 17.7 Å². The fourth-order valence-electron chi connectivity index (χ4n) is 1.50. The van der Waals surface area contributed by atoms with Crippen LogP contribution in [0.2, 0.25) is 0 Å². The third-order valence-electron chi connectivity index (χ3n) is 2.34. The van der Waals surface area contributed by atoms with Crippen LogP contribution in [0, 0.1) is 0 Å². The molecule has 0 saturated carbocycles. The molecule has 0 radical (unpaired) electrons. The molecular formula is C11H15N3O2. The molecule has 1 atom stereocenters. The molecule has 0 aromatic heterocycles. The Balaban J connectivity index is 1.88. The Labute approximate surface area is 93.8 Å². The number of rotatable bonds is 2. The first-order valence-corrected chi connectivity index (χ1v) is 5.22. The second kappa shape index (κ2) is 4.85. The number of guanidine groups is 1. The molecular weight excluding hydrogens is 206 g/mol. The minimum absolute atomic E-state index is 0.258. The smallest absolute Gasteiger partial charge is 0.191 e. The average molecular weight is 221 g/mol. The standard InChI is InChI=1S/C11H15N3O2/c15-9-3-1-2-8(4-9)5-12-11-13-6-10(16)7-14-11/h1-4,10,15-16H,5-7H2,(H2,12,13,14). The van der Waals surface area contributed by atoms with Crippen LogP contribution in [0.3, 0.4) is 0 Å². The quantitative estimate of drug-likeness (QED) is 0.558. The number of phenolic OH excluding ortho intramolecular Hbond substituents is 1. The highest BCUT2D eigenvalue weighted by molar-refractivity contribution is 5.80. The van der Waals surface area contributed by atoms with Crippen molar-refractivity contribution in [1.82, 2.24) is 10.6 Å². The fraction of sp³-hybridized carbons (Fsp3) is 0.364. The summed E-state index contributed by atoms with van der Waals surface area (Å²) in [6, 6.07) is 7.05. The molecule has 0 bridgehead atoms. The van der Waals surface area contributed by atoms with E-state index in [0.717, 1.165) is 5.56 Å². The Morgan fingerprint density at radius 3 is 3.06 bits per heavy atom. The zero-order valence-corrected chi connectivity index (χ0v) is 8.85. The molecule has 1 aromatic carbocycles. The molecule has 1 aromatic rings. The first kappa shape index (κ1) is 10.8. The van der Waals surface area contributed by atoms with Crippen LogP contribution in [0.5, 0.6) is 5.75 Å². The Morgan fingerprint density at radius 1 is 1.50 bits per heavy atom. The predicted octanol–water partition coefficient (Wildman–Crippen LogP) is -0.198. The van der Waals surface area contributed by atoms with Gasteiger partial charge in [-0.15, -0.1) is 0 Å². The first-order valence-electron chi connectivity index (χ1n) is 5.22. The maximum atomic E-state index is 9.28. The Morgan fingerprint density at radius 2 is 2.38 bits per heavy atom. The van der Waals surface area contributed by atoms with Gasteiger partial charge < -0.3 is 20.8 Å². The molecule has 4 N–H and O–H groups in total. The van der Waals surface area contributed by atoms with Gasteiger partial charge in [0, 0.05) is 13.1 Å². The van der Waals surface area contributed by atoms with E-state index in [0.29, 0.717) is 25.6 Å². The average Bonchev–Trinajstić information content (AvgIpc) is 2.28. The van der Waals surface area contributed by atoms with E-state index in [1.165, 1.54) is 0 Å². The molecule has 1 aliphatic rings. The van der Waals surface area contributed by atoms with Gasteiger partial charge in [0.1, 0.15) is 5.75 Å². The van der Waals surface area contributed by atoms with Gasteiger partial charge in [0.05, 0.1) is 12.6 Å². The molecule has 5 nitrogen and oxygen atoms in total. The van der Waals surface area contributed by atoms with Crippen molar-refractivity contribution in [2.24, 2.45) is 4.99 Å². The lowest BCUT2D eigenvalue weighted by atomic mass is 10.2. The van der Waals surface area contributed by atoms with Gasteiger partial charge in [0.25, 0.3) is 0 Å². The van der Waals surface area contributed by atoms with Crippen LogP contribution in [0.15, 0.2) is 29.3 Å². The normalized spacial score (nSPS) is 19.8. The SMILES string of the molecule is Oc1cccc(CNC2=NCC(O)CN2)c1. The van der Waals surface area contributed by atoms with E-state index in [-0.39, 0.29) is 5.75 Å². The minimum atomic E-state index is -0.397. The van der Waals surface area contributed by atoms with E-state index < -0.39 is 6.10 Å². The molecule has 0 fully saturated rings. The van der Waals surface area contributed by atoms with Crippen molar-refractivity contribution in [2.75, 3.05) is 13.1 Å². The van der Waals surface area contributed by atoms with Gasteiger partial charge in [-0.1, -0.05) is 12.1 Å². The van der Waals surface area contributed by atoms with Crippen LogP contribution in [0.4, 0.5) is 0 Å². The van der Waals surface area contributed by atoms with Crippen LogP contribution in [0.1, 0.15) is 5.56 Å². The zero-order valence-electron chi connectivity index (χ0n) is 8.85. The summed E-state index contributed by atoms with van der Waals surface area (Å²) in [5, 5.41) is 24.6. The monoisotopic (exact) mass is 221 g/mol. The van der Waals surface area contributed by atoms with Crippen LogP contribution >= 0.6 is 0 Å². The highest BCUT2D eigenvalue weighted by Crippen LogP contribution is 2.10. The summed E-state index contributed by atoms with van der Waals surface area (Å²) in [6.45, 7) is 1.54. The van der Waals surface area contributed by atoms with Crippen molar-refractivity contribution < 1.29 is 10.2 Å². The van der Waals surface area contributed by atoms with Crippen LogP contribution < -0.4 is 10.6 Å². The molecule has 0 aliphatic carbocycles. The summed E-state index contributed by atoms with van der Waals surface area (Å²) >= 11 is 0. The lowest BCUT2D eigenvalue weighted by molar-refractivity contribution is 0.180. The summed E-state index contributed by atoms with van der Waals surface area (Å²) in [7, 11) is 0. The van der Waals surface area contributed by atoms with Crippen LogP contribution in [-0.2, 0) is 6.54 Å². The Hall–Kier alpha value is -1.75. The highest BCUT2D eigenvalue weighted by atomic mass is 16.3. The topological polar surface area (TPSA) is 76.9 Å². The number of aliphatic imine (C=N–C) groups is 1. The zero-order chi connectivity index (χ0) is 11.4. The molecule has 0 amide bonds. The second-order valence-corrected chi connectivity index (χ2v) is 3.75. The van der Waals surface area contributed by atoms with Crippen molar-refractivity contribution in [2.45, 2.75) is 12.6 Å². The number of aliphatic hydroxyl groups excluding tert-OH is 1. The summed E-state index contributed by atoms with van der Waals surface area (Å²) < 4.78 is 0. The van der Waals surface area contributed by atoms with E-state index in [1.54, 1.807) is 18.2 Å². The number of hydrogen-bond donors (Lipinski definition) is 4. The van der Waals surface area contributed by atoms with Crippen molar-refractivity contribution in [3.8, 4) is 5.75 Å². The maximum Gasteiger partial charge on any atom is 0.191 e. The van der Waals surface area contributed by atoms with Crippen molar-refractivity contribution in [3.05, 3.63) is 29.8 Å². The number of nitrogens with one attached hydrogen (secondary N) is 2. The van der Waals surface area contributed by atoms with Crippen molar-refractivity contribution >= 4 is 5.96 Å². The largest absolute Gasteiger partial charge is 0.508 e. The Kier molecular flexibility index (Phi) is 3.26. The number of phenols is 1. The molecule has 86 valence electrons. The van der Waals surface area contributed by atoms with E-state index in [1.807, 2.05) is 6.07 Å². The maximum absolute atomic E-state index is 9.28. The van der Waals surface area contributed by atoms with E-state index in [4.69, 9.17) is 0 Å². The molecule has 2 rings (SSSR count). The van der Waals surface area contributed by atoms with E-state index in [9.17, 15) is 10.2 Å². The Bertz CT molecular complexity index is 393. The summed E-state index contributed by atoms with van der Waals surface area (Å²) in [5.41, 5.74) is 0.982. The molecule has 1 aliphatic heterocycles. The highest BCUT2D eigenvalue weighted by Gasteiger charge is 2.10. The minimum Gasteiger partial charge on any atom is -0.508 e. The van der Waals surface area contributed by atoms with Crippen LogP contribution in [0.25, 0.3) is 0 Å². The van der Waals surface area contributed by atoms with Gasteiger partial charge in [-0.25, -0.2) is 0 Å². The molecule has 16 heavy (non-hydrogen) atoms.